The van der Waals surface area contributed by atoms with E-state index >= 15 is 0 Å². The molecule has 2 saturated heterocycles. The lowest BCUT2D eigenvalue weighted by Gasteiger charge is -2.41. The maximum atomic E-state index is 14.4. The smallest absolute Gasteiger partial charge is 0.355 e. The van der Waals surface area contributed by atoms with Crippen LogP contribution in [0.25, 0.3) is 22.3 Å². The molecule has 0 bridgehead atoms. The van der Waals surface area contributed by atoms with Crippen LogP contribution in [0.5, 0.6) is 5.75 Å². The zero-order chi connectivity index (χ0) is 66.2. The second-order valence-corrected chi connectivity index (χ2v) is 24.9. The van der Waals surface area contributed by atoms with E-state index in [0.29, 0.717) is 47.7 Å². The molecule has 28 heteroatoms. The first kappa shape index (κ1) is 68.8. The van der Waals surface area contributed by atoms with E-state index in [1.165, 1.54) is 4.57 Å². The number of hydrogen-bond acceptors (Lipinski definition) is 19. The Morgan fingerprint density at radius 1 is 0.868 bits per heavy atom. The second kappa shape index (κ2) is 29.9. The van der Waals surface area contributed by atoms with E-state index in [4.69, 9.17) is 46.6 Å². The molecule has 2 aromatic heterocycles. The molecule has 0 radical (unpaired) electrons. The SMILES string of the molecule is CC[C@]1(OC(=O)[C@H](NC(=O)[C@@H](CC(N)=O)NC(=O)[C@@H](CC(C)C)NC(=O)CNC(=O)[C@H](CC(C)C)NC(=O)[C@H]2CCCN2C(=S)Nc2ccc(O[C@@H]3O[C@H](C)[C@H](O)[C@H](OCCO)[C@@H]3O)cc2)C(C)C)C(=O)OCc2c1cc1n(c2=O)Cc2cc3ccccc3nc2-1. The number of fused-ring (bicyclic) bond motifs is 5. The van der Waals surface area contributed by atoms with Crippen LogP contribution in [0.15, 0.2) is 65.5 Å². The van der Waals surface area contributed by atoms with Crippen molar-refractivity contribution in [3.05, 3.63) is 87.7 Å². The number of anilines is 1. The zero-order valence-electron chi connectivity index (χ0n) is 52.1. The monoisotopic (exact) mass is 1280 g/mol. The Kier molecular flexibility index (Phi) is 22.6. The molecule has 4 aromatic rings. The van der Waals surface area contributed by atoms with Gasteiger partial charge in [-0.3, -0.25) is 33.6 Å². The number of benzene rings is 2. The Balaban J connectivity index is 0.872. The zero-order valence-corrected chi connectivity index (χ0v) is 53.0. The van der Waals surface area contributed by atoms with E-state index in [0.717, 1.165) is 10.9 Å². The van der Waals surface area contributed by atoms with E-state index in [9.17, 15) is 58.5 Å². The number of pyridine rings is 2. The number of nitrogens with zero attached hydrogens (tertiary/aromatic N) is 3. The molecule has 0 saturated carbocycles. The first-order valence-electron chi connectivity index (χ1n) is 30.6. The van der Waals surface area contributed by atoms with Gasteiger partial charge in [0, 0.05) is 28.7 Å². The Bertz CT molecular complexity index is 3460. The number of carbonyl (C=O) groups excluding carboxylic acids is 8. The van der Waals surface area contributed by atoms with Crippen molar-refractivity contribution in [2.75, 3.05) is 31.6 Å². The number of primary amides is 1. The van der Waals surface area contributed by atoms with Crippen molar-refractivity contribution in [2.24, 2.45) is 23.5 Å². The van der Waals surface area contributed by atoms with Crippen LogP contribution in [-0.2, 0) is 76.1 Å². The van der Waals surface area contributed by atoms with Crippen molar-refractivity contribution >= 4 is 81.3 Å². The number of carbonyl (C=O) groups is 8. The van der Waals surface area contributed by atoms with Gasteiger partial charge in [0.2, 0.25) is 47.3 Å². The number of cyclic esters (lactones) is 1. The van der Waals surface area contributed by atoms with Gasteiger partial charge in [0.15, 0.2) is 5.11 Å². The highest BCUT2D eigenvalue weighted by Gasteiger charge is 2.52. The minimum Gasteiger partial charge on any atom is -0.462 e. The summed E-state index contributed by atoms with van der Waals surface area (Å²) in [4.78, 5) is 131. The van der Waals surface area contributed by atoms with Crippen molar-refractivity contribution in [1.82, 2.24) is 41.0 Å². The van der Waals surface area contributed by atoms with Gasteiger partial charge < -0.3 is 86.1 Å². The summed E-state index contributed by atoms with van der Waals surface area (Å²) in [5, 5.41) is 47.8. The first-order chi connectivity index (χ1) is 43.2. The predicted molar refractivity (Wildman–Crippen MR) is 333 cm³/mol. The number of aliphatic hydroxyl groups excluding tert-OH is 3. The topological polar surface area (TPSA) is 380 Å². The van der Waals surface area contributed by atoms with Crippen LogP contribution in [0.4, 0.5) is 5.69 Å². The number of hydrogen-bond donors (Lipinski definition) is 10. The molecule has 11 atom stereocenters. The van der Waals surface area contributed by atoms with Crippen LogP contribution in [0.2, 0.25) is 0 Å². The molecule has 91 heavy (non-hydrogen) atoms. The summed E-state index contributed by atoms with van der Waals surface area (Å²) in [6.07, 6.45) is -5.20. The maximum Gasteiger partial charge on any atom is 0.355 e. The lowest BCUT2D eigenvalue weighted by Crippen LogP contribution is -2.59. The van der Waals surface area contributed by atoms with E-state index in [1.54, 1.807) is 76.8 Å². The van der Waals surface area contributed by atoms with Gasteiger partial charge in [-0.25, -0.2) is 14.6 Å². The molecule has 6 amide bonds. The quantitative estimate of drug-likeness (QED) is 0.0276. The van der Waals surface area contributed by atoms with Crippen molar-refractivity contribution in [3.8, 4) is 17.1 Å². The number of ether oxygens (including phenoxy) is 5. The van der Waals surface area contributed by atoms with Crippen LogP contribution in [0, 0.1) is 17.8 Å². The van der Waals surface area contributed by atoms with Gasteiger partial charge in [-0.15, -0.1) is 0 Å². The highest BCUT2D eigenvalue weighted by atomic mass is 32.1. The van der Waals surface area contributed by atoms with E-state index in [2.05, 4.69) is 31.9 Å². The van der Waals surface area contributed by atoms with Gasteiger partial charge in [-0.1, -0.05) is 66.7 Å². The Hall–Kier alpha value is -8.15. The van der Waals surface area contributed by atoms with Gasteiger partial charge in [0.25, 0.3) is 5.56 Å². The average Bonchev–Trinajstić information content (AvgIpc) is 1.68. The van der Waals surface area contributed by atoms with Crippen LogP contribution < -0.4 is 47.9 Å². The van der Waals surface area contributed by atoms with Crippen LogP contribution in [0.3, 0.4) is 0 Å². The molecule has 0 aliphatic carbocycles. The van der Waals surface area contributed by atoms with Gasteiger partial charge in [-0.05, 0) is 111 Å². The molecule has 0 spiro atoms. The molecule has 11 N–H and O–H groups in total. The summed E-state index contributed by atoms with van der Waals surface area (Å²) in [5.74, 6) is -7.66. The molecule has 8 rings (SSSR count). The molecule has 0 unspecified atom stereocenters. The van der Waals surface area contributed by atoms with Crippen molar-refractivity contribution in [2.45, 2.75) is 174 Å². The molecule has 27 nitrogen and oxygen atoms in total. The summed E-state index contributed by atoms with van der Waals surface area (Å²) < 4.78 is 30.2. The lowest BCUT2D eigenvalue weighted by molar-refractivity contribution is -0.277. The summed E-state index contributed by atoms with van der Waals surface area (Å²) in [7, 11) is 0. The van der Waals surface area contributed by atoms with E-state index in [-0.39, 0.29) is 73.7 Å². The van der Waals surface area contributed by atoms with Crippen LogP contribution >= 0.6 is 12.2 Å². The largest absolute Gasteiger partial charge is 0.462 e. The van der Waals surface area contributed by atoms with Gasteiger partial charge in [0.1, 0.15) is 60.9 Å². The van der Waals surface area contributed by atoms with Crippen molar-refractivity contribution in [1.29, 1.82) is 0 Å². The third-order valence-corrected chi connectivity index (χ3v) is 16.7. The minimum atomic E-state index is -2.14. The third kappa shape index (κ3) is 16.0. The second-order valence-electron chi connectivity index (χ2n) is 24.5. The molecule has 4 aliphatic rings. The number of thiocarbonyl (C=S) groups is 1. The number of aromatic nitrogens is 2. The average molecular weight is 1280 g/mol. The highest BCUT2D eigenvalue weighted by molar-refractivity contribution is 7.80. The molecular formula is C63H82N10O17S. The molecule has 2 aromatic carbocycles. The number of nitrogens with two attached hydrogens (primary N) is 1. The van der Waals surface area contributed by atoms with Gasteiger partial charge in [0.05, 0.1) is 61.3 Å². The number of nitrogens with one attached hydrogen (secondary N) is 6. The summed E-state index contributed by atoms with van der Waals surface area (Å²) in [6.45, 7) is 12.8. The number of para-hydroxylation sites is 1. The molecular weight excluding hydrogens is 1200 g/mol. The van der Waals surface area contributed by atoms with Crippen LogP contribution in [0.1, 0.15) is 111 Å². The van der Waals surface area contributed by atoms with E-state index in [1.807, 2.05) is 44.2 Å². The Morgan fingerprint density at radius 3 is 2.21 bits per heavy atom. The summed E-state index contributed by atoms with van der Waals surface area (Å²) >= 11 is 5.75. The maximum absolute atomic E-state index is 14.4. The number of amides is 6. The van der Waals surface area contributed by atoms with Gasteiger partial charge >= 0.3 is 11.9 Å². The van der Waals surface area contributed by atoms with E-state index < -0.39 is 138 Å². The normalized spacial score (nSPS) is 22.1. The van der Waals surface area contributed by atoms with Crippen molar-refractivity contribution < 1.29 is 77.4 Å². The number of likely N-dealkylation sites (tertiary alicyclic amines) is 1. The Labute approximate surface area is 531 Å². The number of esters is 2. The Morgan fingerprint density at radius 2 is 1.55 bits per heavy atom. The predicted octanol–water partition coefficient (Wildman–Crippen LogP) is 1.39. The minimum absolute atomic E-state index is 0.0238. The number of aliphatic hydroxyl groups is 3. The summed E-state index contributed by atoms with van der Waals surface area (Å²) in [6, 6.07) is 11.2. The molecule has 492 valence electrons. The standard InChI is InChI=1S/C63H82N10O17S/c1-9-63(40-26-46-50-36(25-35-13-10-11-14-41(35)68-50)29-73(46)58(83)39(40)30-87-61(63)85)90-59(84)49(33(6)7)71-56(81)44(27-47(64)75)69-55(80)43(24-32(4)5)67-48(76)28-65-54(79)42(23-31(2)3)70-57(82)45-15-12-20-72(45)62(91)66-37-16-18-38(19-17-37)89-60-52(78)53(86-22-21-74)51(77)34(8)88-60/h10-11,13-14,16-19,25-26,31-34,42-45,49,51-53,60,74,77-78H,9,12,15,20-24,27-30H2,1-8H3,(H2,64,75)(H,65,79)(H,66,91)(H,67,76)(H,69,80)(H,70,82)(H,71,81)/t34-,42+,43-,44-,45-,49-,51+,52+,53+,60+,63-/m1/s1. The number of rotatable bonds is 26. The van der Waals surface area contributed by atoms with Crippen molar-refractivity contribution in [3.63, 3.8) is 0 Å². The summed E-state index contributed by atoms with van der Waals surface area (Å²) in [5.41, 5.74) is 6.14. The first-order valence-corrected chi connectivity index (χ1v) is 31.1. The fourth-order valence-electron chi connectivity index (χ4n) is 11.7. The lowest BCUT2D eigenvalue weighted by atomic mass is 9.85. The van der Waals surface area contributed by atoms with Crippen LogP contribution in [-0.4, -0.2) is 169 Å². The molecule has 4 aliphatic heterocycles. The van der Waals surface area contributed by atoms with Gasteiger partial charge in [-0.2, -0.15) is 0 Å². The third-order valence-electron chi connectivity index (χ3n) is 16.4. The molecule has 2 fully saturated rings. The fourth-order valence-corrected chi connectivity index (χ4v) is 12.0. The highest BCUT2D eigenvalue weighted by Crippen LogP contribution is 2.41. The molecule has 6 heterocycles. The fraction of sp³-hybridized carbons (Fsp3) is 0.540.